The molecular formula is C10H9BrClNO. The first-order chi connectivity index (χ1) is 6.66. The van der Waals surface area contributed by atoms with E-state index in [0.717, 1.165) is 16.7 Å². The zero-order chi connectivity index (χ0) is 10.1. The molecule has 1 aliphatic heterocycles. The fraction of sp³-hybridized carbons (Fsp3) is 0.300. The molecule has 0 spiro atoms. The molecule has 2 nitrogen and oxygen atoms in total. The second-order valence-corrected chi connectivity index (χ2v) is 4.57. The van der Waals surface area contributed by atoms with E-state index in [2.05, 4.69) is 15.9 Å². The summed E-state index contributed by atoms with van der Waals surface area (Å²) in [6.07, 6.45) is 0.647. The lowest BCUT2D eigenvalue weighted by Gasteiger charge is -2.16. The van der Waals surface area contributed by atoms with Crippen molar-refractivity contribution in [2.45, 2.75) is 6.42 Å². The van der Waals surface area contributed by atoms with Crippen molar-refractivity contribution in [3.8, 4) is 0 Å². The minimum Gasteiger partial charge on any atom is -0.364 e. The normalized spacial score (nSPS) is 16.4. The molecule has 0 bridgehead atoms. The summed E-state index contributed by atoms with van der Waals surface area (Å²) >= 11 is 9.30. The summed E-state index contributed by atoms with van der Waals surface area (Å²) < 4.78 is 0.883. The summed E-state index contributed by atoms with van der Waals surface area (Å²) in [6.45, 7) is 1.31. The standard InChI is InChI=1S/C10H9BrClNO/c11-9-2-1-7(5-10(9)12)13-4-3-8(14)6-13/h1-2,5H,3-4,6H2. The van der Waals surface area contributed by atoms with Gasteiger partial charge in [-0.25, -0.2) is 0 Å². The fourth-order valence-electron chi connectivity index (χ4n) is 1.53. The summed E-state index contributed by atoms with van der Waals surface area (Å²) in [5, 5.41) is 0.682. The summed E-state index contributed by atoms with van der Waals surface area (Å²) in [4.78, 5) is 13.1. The number of hydrogen-bond donors (Lipinski definition) is 0. The van der Waals surface area contributed by atoms with Gasteiger partial charge in [-0.3, -0.25) is 4.79 Å². The minimum atomic E-state index is 0.295. The first kappa shape index (κ1) is 9.99. The van der Waals surface area contributed by atoms with Crippen molar-refractivity contribution < 1.29 is 4.79 Å². The Balaban J connectivity index is 2.24. The molecule has 1 fully saturated rings. The first-order valence-corrected chi connectivity index (χ1v) is 5.55. The average molecular weight is 275 g/mol. The van der Waals surface area contributed by atoms with E-state index < -0.39 is 0 Å². The molecule has 0 radical (unpaired) electrons. The molecule has 0 aliphatic carbocycles. The molecule has 1 aromatic carbocycles. The van der Waals surface area contributed by atoms with Crippen LogP contribution < -0.4 is 4.90 Å². The van der Waals surface area contributed by atoms with Gasteiger partial charge in [-0.1, -0.05) is 11.6 Å². The number of Topliss-reactive ketones (excluding diaryl/α,β-unsaturated/α-hetero) is 1. The van der Waals surface area contributed by atoms with Crippen molar-refractivity contribution in [3.05, 3.63) is 27.7 Å². The Bertz CT molecular complexity index is 380. The number of ketones is 1. The van der Waals surface area contributed by atoms with E-state index in [4.69, 9.17) is 11.6 Å². The Morgan fingerprint density at radius 3 is 2.79 bits per heavy atom. The summed E-state index contributed by atoms with van der Waals surface area (Å²) in [7, 11) is 0. The van der Waals surface area contributed by atoms with Crippen molar-refractivity contribution in [2.24, 2.45) is 0 Å². The predicted octanol–water partition coefficient (Wildman–Crippen LogP) is 2.88. The lowest BCUT2D eigenvalue weighted by molar-refractivity contribution is -0.116. The highest BCUT2D eigenvalue weighted by Gasteiger charge is 2.19. The van der Waals surface area contributed by atoms with Gasteiger partial charge < -0.3 is 4.90 Å². The van der Waals surface area contributed by atoms with E-state index in [-0.39, 0.29) is 0 Å². The Morgan fingerprint density at radius 1 is 1.43 bits per heavy atom. The third-order valence-electron chi connectivity index (χ3n) is 2.30. The molecule has 1 heterocycles. The van der Waals surface area contributed by atoms with E-state index in [9.17, 15) is 4.79 Å². The van der Waals surface area contributed by atoms with Gasteiger partial charge in [0, 0.05) is 23.1 Å². The molecule has 4 heteroatoms. The summed E-state index contributed by atoms with van der Waals surface area (Å²) in [5.41, 5.74) is 1.02. The number of carbonyl (C=O) groups is 1. The van der Waals surface area contributed by atoms with Gasteiger partial charge in [0.05, 0.1) is 11.6 Å². The van der Waals surface area contributed by atoms with Gasteiger partial charge in [-0.15, -0.1) is 0 Å². The maximum absolute atomic E-state index is 11.1. The van der Waals surface area contributed by atoms with Crippen LogP contribution in [-0.4, -0.2) is 18.9 Å². The summed E-state index contributed by atoms with van der Waals surface area (Å²) in [6, 6.07) is 5.75. The Labute approximate surface area is 96.0 Å². The number of anilines is 1. The zero-order valence-electron chi connectivity index (χ0n) is 7.46. The van der Waals surface area contributed by atoms with Crippen molar-refractivity contribution in [1.82, 2.24) is 0 Å². The van der Waals surface area contributed by atoms with Crippen LogP contribution in [0.1, 0.15) is 6.42 Å². The van der Waals surface area contributed by atoms with Gasteiger partial charge in [0.2, 0.25) is 0 Å². The number of carbonyl (C=O) groups excluding carboxylic acids is 1. The van der Waals surface area contributed by atoms with Gasteiger partial charge in [-0.2, -0.15) is 0 Å². The number of nitrogens with zero attached hydrogens (tertiary/aromatic N) is 1. The number of benzene rings is 1. The van der Waals surface area contributed by atoms with Crippen LogP contribution in [0.5, 0.6) is 0 Å². The van der Waals surface area contributed by atoms with Gasteiger partial charge in [-0.05, 0) is 34.1 Å². The van der Waals surface area contributed by atoms with Gasteiger partial charge in [0.15, 0.2) is 5.78 Å². The summed E-state index contributed by atoms with van der Waals surface area (Å²) in [5.74, 6) is 0.295. The van der Waals surface area contributed by atoms with Gasteiger partial charge >= 0.3 is 0 Å². The first-order valence-electron chi connectivity index (χ1n) is 4.38. The Morgan fingerprint density at radius 2 is 2.21 bits per heavy atom. The van der Waals surface area contributed by atoms with E-state index in [1.807, 2.05) is 23.1 Å². The van der Waals surface area contributed by atoms with Gasteiger partial charge in [0.1, 0.15) is 0 Å². The smallest absolute Gasteiger partial charge is 0.153 e. The molecule has 2 rings (SSSR count). The quantitative estimate of drug-likeness (QED) is 0.785. The van der Waals surface area contributed by atoms with Crippen LogP contribution in [0.25, 0.3) is 0 Å². The monoisotopic (exact) mass is 273 g/mol. The highest BCUT2D eigenvalue weighted by molar-refractivity contribution is 9.10. The fourth-order valence-corrected chi connectivity index (χ4v) is 1.95. The number of hydrogen-bond acceptors (Lipinski definition) is 2. The lowest BCUT2D eigenvalue weighted by atomic mass is 10.3. The molecule has 0 atom stereocenters. The molecule has 14 heavy (non-hydrogen) atoms. The van der Waals surface area contributed by atoms with Crippen LogP contribution in [0.4, 0.5) is 5.69 Å². The molecule has 74 valence electrons. The minimum absolute atomic E-state index is 0.295. The molecule has 0 aromatic heterocycles. The van der Waals surface area contributed by atoms with Crippen molar-refractivity contribution in [1.29, 1.82) is 0 Å². The average Bonchev–Trinajstić information content (AvgIpc) is 2.57. The van der Waals surface area contributed by atoms with Crippen molar-refractivity contribution in [3.63, 3.8) is 0 Å². The SMILES string of the molecule is O=C1CCN(c2ccc(Br)c(Cl)c2)C1. The van der Waals surface area contributed by atoms with Crippen LogP contribution in [-0.2, 0) is 4.79 Å². The van der Waals surface area contributed by atoms with Crippen LogP contribution in [0, 0.1) is 0 Å². The van der Waals surface area contributed by atoms with E-state index >= 15 is 0 Å². The number of halogens is 2. The molecule has 1 aromatic rings. The third kappa shape index (κ3) is 1.93. The van der Waals surface area contributed by atoms with Crippen molar-refractivity contribution >= 4 is 39.0 Å². The van der Waals surface area contributed by atoms with Crippen LogP contribution in [0.15, 0.2) is 22.7 Å². The van der Waals surface area contributed by atoms with Crippen LogP contribution in [0.3, 0.4) is 0 Å². The highest BCUT2D eigenvalue weighted by Crippen LogP contribution is 2.28. The van der Waals surface area contributed by atoms with Crippen molar-refractivity contribution in [2.75, 3.05) is 18.0 Å². The number of rotatable bonds is 1. The Kier molecular flexibility index (Phi) is 2.79. The molecule has 1 saturated heterocycles. The second-order valence-electron chi connectivity index (χ2n) is 3.31. The molecule has 0 saturated carbocycles. The molecule has 0 amide bonds. The van der Waals surface area contributed by atoms with E-state index in [1.165, 1.54) is 0 Å². The van der Waals surface area contributed by atoms with Crippen LogP contribution in [0.2, 0.25) is 5.02 Å². The third-order valence-corrected chi connectivity index (χ3v) is 3.53. The molecule has 0 N–H and O–H groups in total. The molecular weight excluding hydrogens is 265 g/mol. The molecule has 1 aliphatic rings. The topological polar surface area (TPSA) is 20.3 Å². The second kappa shape index (κ2) is 3.91. The zero-order valence-corrected chi connectivity index (χ0v) is 9.81. The van der Waals surface area contributed by atoms with Gasteiger partial charge in [0.25, 0.3) is 0 Å². The maximum Gasteiger partial charge on any atom is 0.153 e. The van der Waals surface area contributed by atoms with Crippen LogP contribution >= 0.6 is 27.5 Å². The maximum atomic E-state index is 11.1. The van der Waals surface area contributed by atoms with E-state index in [0.29, 0.717) is 23.8 Å². The largest absolute Gasteiger partial charge is 0.364 e. The highest BCUT2D eigenvalue weighted by atomic mass is 79.9. The molecule has 0 unspecified atom stereocenters. The predicted molar refractivity (Wildman–Crippen MR) is 61.0 cm³/mol. The Hall–Kier alpha value is -0.540. The van der Waals surface area contributed by atoms with E-state index in [1.54, 1.807) is 0 Å². The lowest BCUT2D eigenvalue weighted by Crippen LogP contribution is -2.19.